The van der Waals surface area contributed by atoms with Gasteiger partial charge < -0.3 is 34.4 Å². The molecule has 5 heterocycles. The lowest BCUT2D eigenvalue weighted by molar-refractivity contribution is -0.134. The summed E-state index contributed by atoms with van der Waals surface area (Å²) in [6, 6.07) is 13.1. The first-order valence-electron chi connectivity index (χ1n) is 15.8. The molecule has 0 saturated heterocycles. The standard InChI is InChI=1S/C35H38N4O7/c1-17(2)11-25(41)26(42)14-20-12-19-9-10-27-23(13-19)35(22-7-5-6-8-24(22)37-34(35)45-27)30-29(32-36-21(15-40)16-44-32)39-33(46-30)28(18(3)4)38-31(20)43/h5-10,13,16-18,20,25,28,34,37,40-41H,11-12,14-15H2,1-4H3,(H,38,43)/t20?,25-,28-,34?,35-/m0/s1. The van der Waals surface area contributed by atoms with E-state index < -0.39 is 29.7 Å². The molecule has 0 saturated carbocycles. The van der Waals surface area contributed by atoms with E-state index in [1.54, 1.807) is 0 Å². The van der Waals surface area contributed by atoms with Gasteiger partial charge in [-0.3, -0.25) is 9.59 Å². The normalized spacial score (nSPS) is 23.6. The number of nitrogens with zero attached hydrogens (tertiary/aromatic N) is 2. The van der Waals surface area contributed by atoms with Crippen LogP contribution in [0, 0.1) is 17.8 Å². The molecule has 3 aliphatic heterocycles. The number of para-hydroxylation sites is 1. The van der Waals surface area contributed by atoms with Crippen LogP contribution in [0.2, 0.25) is 0 Å². The maximum atomic E-state index is 14.0. The number of Topliss-reactive ketones (excluding diaryl/α,β-unsaturated/α-hetero) is 1. The summed E-state index contributed by atoms with van der Waals surface area (Å²) in [5.41, 5.74) is 3.10. The van der Waals surface area contributed by atoms with Crippen molar-refractivity contribution in [2.24, 2.45) is 17.8 Å². The predicted octanol–water partition coefficient (Wildman–Crippen LogP) is 4.65. The lowest BCUT2D eigenvalue weighted by Gasteiger charge is -2.28. The van der Waals surface area contributed by atoms with Crippen molar-refractivity contribution in [3.05, 3.63) is 82.8 Å². The first-order chi connectivity index (χ1) is 22.1. The van der Waals surface area contributed by atoms with Crippen LogP contribution in [0.5, 0.6) is 5.75 Å². The van der Waals surface area contributed by atoms with Crippen molar-refractivity contribution in [1.82, 2.24) is 15.3 Å². The molecule has 3 aliphatic rings. The number of fused-ring (bicyclic) bond motifs is 4. The van der Waals surface area contributed by atoms with Crippen molar-refractivity contribution in [2.45, 2.75) is 77.4 Å². The van der Waals surface area contributed by atoms with Gasteiger partial charge in [0.2, 0.25) is 17.7 Å². The van der Waals surface area contributed by atoms with Crippen molar-refractivity contribution in [3.8, 4) is 17.3 Å². The van der Waals surface area contributed by atoms with Gasteiger partial charge in [-0.2, -0.15) is 0 Å². The molecule has 240 valence electrons. The first-order valence-corrected chi connectivity index (χ1v) is 15.8. The Morgan fingerprint density at radius 2 is 1.89 bits per heavy atom. The first kappa shape index (κ1) is 30.2. The largest absolute Gasteiger partial charge is 0.469 e. The Balaban J connectivity index is 1.45. The highest BCUT2D eigenvalue weighted by atomic mass is 16.5. The van der Waals surface area contributed by atoms with E-state index in [1.807, 2.05) is 70.2 Å². The topological polar surface area (TPSA) is 160 Å². The smallest absolute Gasteiger partial charge is 0.249 e. The second kappa shape index (κ2) is 11.4. The quantitative estimate of drug-likeness (QED) is 0.217. The van der Waals surface area contributed by atoms with Gasteiger partial charge in [-0.25, -0.2) is 9.97 Å². The highest BCUT2D eigenvalue weighted by Gasteiger charge is 2.61. The Bertz CT molecular complexity index is 1810. The van der Waals surface area contributed by atoms with Crippen molar-refractivity contribution in [1.29, 1.82) is 0 Å². The molecule has 2 aromatic heterocycles. The number of nitrogens with one attached hydrogen (secondary N) is 2. The molecule has 4 N–H and O–H groups in total. The van der Waals surface area contributed by atoms with E-state index in [0.717, 1.165) is 22.4 Å². The molecule has 0 aliphatic carbocycles. The minimum atomic E-state index is -1.14. The zero-order valence-electron chi connectivity index (χ0n) is 26.2. The molecule has 1 spiro atoms. The van der Waals surface area contributed by atoms with E-state index in [-0.39, 0.29) is 54.8 Å². The number of amides is 1. The number of hydrogen-bond donors (Lipinski definition) is 4. The zero-order chi connectivity index (χ0) is 32.3. The van der Waals surface area contributed by atoms with Gasteiger partial charge in [-0.1, -0.05) is 58.0 Å². The van der Waals surface area contributed by atoms with Gasteiger partial charge in [-0.15, -0.1) is 0 Å². The molecule has 1 amide bonds. The van der Waals surface area contributed by atoms with Gasteiger partial charge in [0, 0.05) is 23.6 Å². The SMILES string of the molecule is CC(C)C[C@H](O)C(=O)CC1Cc2ccc3c(c2)[C@@]2(c4ccccc4NC2O3)c2oc(nc2-c2nc(CO)co2)[C@H](C(C)C)NC1=O. The highest BCUT2D eigenvalue weighted by molar-refractivity contribution is 5.89. The minimum Gasteiger partial charge on any atom is -0.469 e. The third-order valence-corrected chi connectivity index (χ3v) is 9.26. The van der Waals surface area contributed by atoms with E-state index in [0.29, 0.717) is 29.3 Å². The van der Waals surface area contributed by atoms with Crippen LogP contribution >= 0.6 is 0 Å². The number of aliphatic hydroxyl groups is 2. The van der Waals surface area contributed by atoms with Crippen molar-refractivity contribution >= 4 is 17.4 Å². The molecule has 46 heavy (non-hydrogen) atoms. The second-order valence-electron chi connectivity index (χ2n) is 13.3. The molecule has 11 heteroatoms. The summed E-state index contributed by atoms with van der Waals surface area (Å²) in [6.07, 6.45) is 0.133. The number of carbonyl (C=O) groups is 2. The van der Waals surface area contributed by atoms with E-state index in [2.05, 4.69) is 15.6 Å². The Morgan fingerprint density at radius 1 is 1.09 bits per heavy atom. The van der Waals surface area contributed by atoms with Crippen LogP contribution in [0.25, 0.3) is 11.6 Å². The van der Waals surface area contributed by atoms with Gasteiger partial charge in [-0.05, 0) is 47.9 Å². The van der Waals surface area contributed by atoms with Crippen LogP contribution in [0.3, 0.4) is 0 Å². The molecule has 11 nitrogen and oxygen atoms in total. The number of oxazole rings is 2. The van der Waals surface area contributed by atoms with Crippen LogP contribution in [-0.2, 0) is 28.0 Å². The molecule has 5 atom stereocenters. The highest BCUT2D eigenvalue weighted by Crippen LogP contribution is 2.59. The van der Waals surface area contributed by atoms with Crippen LogP contribution in [-0.4, -0.2) is 44.2 Å². The monoisotopic (exact) mass is 626 g/mol. The molecule has 4 bridgehead atoms. The summed E-state index contributed by atoms with van der Waals surface area (Å²) in [6.45, 7) is 7.48. The lowest BCUT2D eigenvalue weighted by Crippen LogP contribution is -2.40. The summed E-state index contributed by atoms with van der Waals surface area (Å²) >= 11 is 0. The predicted molar refractivity (Wildman–Crippen MR) is 167 cm³/mol. The average Bonchev–Trinajstić information content (AvgIpc) is 3.79. The molecule has 0 radical (unpaired) electrons. The van der Waals surface area contributed by atoms with Crippen molar-refractivity contribution in [3.63, 3.8) is 0 Å². The van der Waals surface area contributed by atoms with Crippen molar-refractivity contribution < 1.29 is 33.4 Å². The fraction of sp³-hybridized carbons (Fsp3) is 0.429. The molecular formula is C35H38N4O7. The number of hydrogen-bond acceptors (Lipinski definition) is 10. The number of benzene rings is 2. The van der Waals surface area contributed by atoms with E-state index in [4.69, 9.17) is 18.6 Å². The maximum Gasteiger partial charge on any atom is 0.249 e. The third kappa shape index (κ3) is 4.80. The summed E-state index contributed by atoms with van der Waals surface area (Å²) in [5, 5.41) is 27.1. The van der Waals surface area contributed by atoms with Gasteiger partial charge in [0.15, 0.2) is 23.5 Å². The fourth-order valence-electron chi connectivity index (χ4n) is 7.01. The lowest BCUT2D eigenvalue weighted by atomic mass is 9.72. The van der Waals surface area contributed by atoms with E-state index in [1.165, 1.54) is 6.26 Å². The van der Waals surface area contributed by atoms with E-state index >= 15 is 0 Å². The number of aliphatic hydroxyl groups excluding tert-OH is 2. The number of aromatic nitrogens is 2. The van der Waals surface area contributed by atoms with Crippen LogP contribution in [0.1, 0.15) is 80.6 Å². The summed E-state index contributed by atoms with van der Waals surface area (Å²) in [7, 11) is 0. The van der Waals surface area contributed by atoms with Gasteiger partial charge >= 0.3 is 0 Å². The number of ketones is 1. The minimum absolute atomic E-state index is 0.112. The van der Waals surface area contributed by atoms with Crippen LogP contribution < -0.4 is 15.4 Å². The Kier molecular flexibility index (Phi) is 7.48. The molecule has 0 fully saturated rings. The van der Waals surface area contributed by atoms with Crippen LogP contribution in [0.15, 0.2) is 57.6 Å². The second-order valence-corrected chi connectivity index (χ2v) is 13.3. The average molecular weight is 627 g/mol. The molecule has 7 rings (SSSR count). The van der Waals surface area contributed by atoms with Crippen molar-refractivity contribution in [2.75, 3.05) is 5.32 Å². The number of ether oxygens (including phenoxy) is 1. The summed E-state index contributed by atoms with van der Waals surface area (Å²) in [4.78, 5) is 36.7. The summed E-state index contributed by atoms with van der Waals surface area (Å²) < 4.78 is 19.2. The third-order valence-electron chi connectivity index (χ3n) is 9.26. The Labute approximate surface area is 266 Å². The molecule has 2 unspecified atom stereocenters. The number of rotatable bonds is 8. The molecule has 4 aromatic rings. The van der Waals surface area contributed by atoms with Crippen LogP contribution in [0.4, 0.5) is 5.69 Å². The Hall–Kier alpha value is -4.48. The van der Waals surface area contributed by atoms with Gasteiger partial charge in [0.05, 0.1) is 6.61 Å². The fourth-order valence-corrected chi connectivity index (χ4v) is 7.01. The maximum absolute atomic E-state index is 14.0. The Morgan fingerprint density at radius 3 is 2.63 bits per heavy atom. The molecular weight excluding hydrogens is 588 g/mol. The summed E-state index contributed by atoms with van der Waals surface area (Å²) in [5.74, 6) is 0.0472. The van der Waals surface area contributed by atoms with Gasteiger partial charge in [0.25, 0.3) is 0 Å². The zero-order valence-corrected chi connectivity index (χ0v) is 26.2. The van der Waals surface area contributed by atoms with E-state index in [9.17, 15) is 19.8 Å². The van der Waals surface area contributed by atoms with Gasteiger partial charge in [0.1, 0.15) is 35.3 Å². The number of anilines is 1. The molecule has 2 aromatic carbocycles. The number of carbonyl (C=O) groups excluding carboxylic acids is 2.